The molecule has 0 spiro atoms. The normalized spacial score (nSPS) is 10.9. The molecule has 1 aromatic rings. The van der Waals surface area contributed by atoms with Crippen molar-refractivity contribution < 1.29 is 23.9 Å². The molecule has 7 heteroatoms. The van der Waals surface area contributed by atoms with E-state index in [1.165, 1.54) is 31.4 Å². The lowest BCUT2D eigenvalue weighted by molar-refractivity contribution is -0.149. The number of hydrogen-bond acceptors (Lipinski definition) is 6. The lowest BCUT2D eigenvalue weighted by Crippen LogP contribution is -2.43. The molecule has 0 aliphatic carbocycles. The van der Waals surface area contributed by atoms with E-state index in [1.807, 2.05) is 6.07 Å². The van der Waals surface area contributed by atoms with Gasteiger partial charge in [0.15, 0.2) is 0 Å². The maximum absolute atomic E-state index is 12.0. The van der Waals surface area contributed by atoms with E-state index in [2.05, 4.69) is 14.8 Å². The zero-order valence-corrected chi connectivity index (χ0v) is 11.6. The van der Waals surface area contributed by atoms with Gasteiger partial charge in [0.05, 0.1) is 32.3 Å². The summed E-state index contributed by atoms with van der Waals surface area (Å²) < 4.78 is 8.99. The summed E-state index contributed by atoms with van der Waals surface area (Å²) in [6.07, 6.45) is -0.328. The number of benzene rings is 1. The van der Waals surface area contributed by atoms with Crippen LogP contribution in [0.3, 0.4) is 0 Å². The topological polar surface area (TPSA) is 105 Å². The minimum Gasteiger partial charge on any atom is -0.469 e. The quantitative estimate of drug-likeness (QED) is 0.786. The van der Waals surface area contributed by atoms with Crippen LogP contribution >= 0.6 is 0 Å². The zero-order valence-electron chi connectivity index (χ0n) is 11.6. The summed E-state index contributed by atoms with van der Waals surface area (Å²) in [6, 6.07) is 6.63. The van der Waals surface area contributed by atoms with E-state index in [4.69, 9.17) is 5.26 Å². The maximum Gasteiger partial charge on any atom is 0.328 e. The Labute approximate surface area is 121 Å². The van der Waals surface area contributed by atoms with Gasteiger partial charge in [-0.1, -0.05) is 0 Å². The number of esters is 2. The van der Waals surface area contributed by atoms with Gasteiger partial charge in [-0.3, -0.25) is 9.59 Å². The number of ether oxygens (including phenoxy) is 2. The summed E-state index contributed by atoms with van der Waals surface area (Å²) in [5.41, 5.74) is 0.665. The summed E-state index contributed by atoms with van der Waals surface area (Å²) in [6.45, 7) is 0. The Morgan fingerprint density at radius 1 is 1.19 bits per heavy atom. The van der Waals surface area contributed by atoms with Crippen molar-refractivity contribution >= 4 is 17.8 Å². The third-order valence-corrected chi connectivity index (χ3v) is 2.67. The smallest absolute Gasteiger partial charge is 0.328 e. The van der Waals surface area contributed by atoms with E-state index in [-0.39, 0.29) is 12.0 Å². The van der Waals surface area contributed by atoms with Crippen molar-refractivity contribution in [2.24, 2.45) is 0 Å². The van der Waals surface area contributed by atoms with Gasteiger partial charge < -0.3 is 14.8 Å². The van der Waals surface area contributed by atoms with Gasteiger partial charge in [0.25, 0.3) is 5.91 Å². The third-order valence-electron chi connectivity index (χ3n) is 2.67. The average Bonchev–Trinajstić information content (AvgIpc) is 2.53. The van der Waals surface area contributed by atoms with E-state index in [0.29, 0.717) is 5.56 Å². The van der Waals surface area contributed by atoms with Gasteiger partial charge in [-0.25, -0.2) is 4.79 Å². The van der Waals surface area contributed by atoms with Gasteiger partial charge in [-0.05, 0) is 24.3 Å². The van der Waals surface area contributed by atoms with Gasteiger partial charge in [0.1, 0.15) is 6.04 Å². The lowest BCUT2D eigenvalue weighted by Gasteiger charge is -2.15. The number of hydrogen-bond donors (Lipinski definition) is 1. The monoisotopic (exact) mass is 290 g/mol. The summed E-state index contributed by atoms with van der Waals surface area (Å²) in [7, 11) is 2.33. The lowest BCUT2D eigenvalue weighted by atomic mass is 10.1. The molecule has 0 aliphatic rings. The largest absolute Gasteiger partial charge is 0.469 e. The maximum atomic E-state index is 12.0. The van der Waals surface area contributed by atoms with Gasteiger partial charge >= 0.3 is 11.9 Å². The zero-order chi connectivity index (χ0) is 15.8. The SMILES string of the molecule is COC(=O)C[C@@H](NC(=O)c1ccc(C#N)cc1)C(=O)OC. The number of carbonyl (C=O) groups excluding carboxylic acids is 3. The second kappa shape index (κ2) is 7.65. The molecular formula is C14H14N2O5. The fourth-order valence-electron chi connectivity index (χ4n) is 1.52. The van der Waals surface area contributed by atoms with Crippen molar-refractivity contribution in [3.8, 4) is 6.07 Å². The van der Waals surface area contributed by atoms with Crippen LogP contribution in [-0.4, -0.2) is 38.1 Å². The Hall–Kier alpha value is -2.88. The van der Waals surface area contributed by atoms with Crippen molar-refractivity contribution in [3.05, 3.63) is 35.4 Å². The van der Waals surface area contributed by atoms with Gasteiger partial charge in [0, 0.05) is 5.56 Å². The minimum atomic E-state index is -1.13. The Bertz CT molecular complexity index is 574. The number of methoxy groups -OCH3 is 2. The second-order valence-corrected chi connectivity index (χ2v) is 4.02. The van der Waals surface area contributed by atoms with Crippen molar-refractivity contribution in [2.75, 3.05) is 14.2 Å². The van der Waals surface area contributed by atoms with Crippen LogP contribution in [0.1, 0.15) is 22.3 Å². The minimum absolute atomic E-state index is 0.257. The molecule has 1 N–H and O–H groups in total. The van der Waals surface area contributed by atoms with Gasteiger partial charge in [-0.2, -0.15) is 5.26 Å². The van der Waals surface area contributed by atoms with Crippen LogP contribution in [-0.2, 0) is 19.1 Å². The Morgan fingerprint density at radius 2 is 1.81 bits per heavy atom. The molecule has 21 heavy (non-hydrogen) atoms. The Balaban J connectivity index is 2.81. The molecule has 0 radical (unpaired) electrons. The molecule has 0 aromatic heterocycles. The molecule has 1 rings (SSSR count). The van der Waals surface area contributed by atoms with Crippen molar-refractivity contribution in [2.45, 2.75) is 12.5 Å². The first kappa shape index (κ1) is 16.2. The van der Waals surface area contributed by atoms with Crippen LogP contribution in [0.5, 0.6) is 0 Å². The highest BCUT2D eigenvalue weighted by atomic mass is 16.5. The van der Waals surface area contributed by atoms with Gasteiger partial charge in [0.2, 0.25) is 0 Å². The molecule has 7 nitrogen and oxygen atoms in total. The van der Waals surface area contributed by atoms with E-state index in [0.717, 1.165) is 7.11 Å². The fourth-order valence-corrected chi connectivity index (χ4v) is 1.52. The molecule has 1 aromatic carbocycles. The highest BCUT2D eigenvalue weighted by molar-refractivity contribution is 5.97. The molecule has 0 aliphatic heterocycles. The summed E-state index contributed by atoms with van der Waals surface area (Å²) in [5, 5.41) is 11.1. The number of nitrogens with zero attached hydrogens (tertiary/aromatic N) is 1. The van der Waals surface area contributed by atoms with Crippen molar-refractivity contribution in [3.63, 3.8) is 0 Å². The van der Waals surface area contributed by atoms with Crippen LogP contribution in [0.15, 0.2) is 24.3 Å². The van der Waals surface area contributed by atoms with E-state index in [1.54, 1.807) is 0 Å². The first-order valence-electron chi connectivity index (χ1n) is 5.97. The number of rotatable bonds is 5. The van der Waals surface area contributed by atoms with Crippen LogP contribution in [0.25, 0.3) is 0 Å². The predicted molar refractivity (Wildman–Crippen MR) is 71.1 cm³/mol. The fraction of sp³-hybridized carbons (Fsp3) is 0.286. The highest BCUT2D eigenvalue weighted by Gasteiger charge is 2.25. The third kappa shape index (κ3) is 4.62. The second-order valence-electron chi connectivity index (χ2n) is 4.02. The molecular weight excluding hydrogens is 276 g/mol. The van der Waals surface area contributed by atoms with Crippen LogP contribution in [0.2, 0.25) is 0 Å². The number of carbonyl (C=O) groups is 3. The van der Waals surface area contributed by atoms with Crippen molar-refractivity contribution in [1.82, 2.24) is 5.32 Å². The average molecular weight is 290 g/mol. The first-order valence-corrected chi connectivity index (χ1v) is 5.97. The van der Waals surface area contributed by atoms with Crippen LogP contribution in [0.4, 0.5) is 0 Å². The summed E-state index contributed by atoms with van der Waals surface area (Å²) >= 11 is 0. The van der Waals surface area contributed by atoms with Crippen LogP contribution < -0.4 is 5.32 Å². The molecule has 0 bridgehead atoms. The number of nitrogens with one attached hydrogen (secondary N) is 1. The first-order chi connectivity index (χ1) is 10.0. The molecule has 0 heterocycles. The number of nitriles is 1. The molecule has 1 amide bonds. The van der Waals surface area contributed by atoms with E-state index < -0.39 is 23.9 Å². The highest BCUT2D eigenvalue weighted by Crippen LogP contribution is 2.05. The van der Waals surface area contributed by atoms with E-state index in [9.17, 15) is 14.4 Å². The van der Waals surface area contributed by atoms with Crippen LogP contribution in [0, 0.1) is 11.3 Å². The summed E-state index contributed by atoms with van der Waals surface area (Å²) in [4.78, 5) is 34.8. The van der Waals surface area contributed by atoms with Crippen molar-refractivity contribution in [1.29, 1.82) is 5.26 Å². The molecule has 110 valence electrons. The Morgan fingerprint density at radius 3 is 2.29 bits per heavy atom. The molecule has 0 saturated carbocycles. The standard InChI is InChI=1S/C14H14N2O5/c1-20-12(17)7-11(14(19)21-2)16-13(18)10-5-3-9(8-15)4-6-10/h3-6,11H,7H2,1-2H3,(H,16,18)/t11-/m1/s1. The summed E-state index contributed by atoms with van der Waals surface area (Å²) in [5.74, 6) is -1.95. The van der Waals surface area contributed by atoms with Gasteiger partial charge in [-0.15, -0.1) is 0 Å². The predicted octanol–water partition coefficient (Wildman–Crippen LogP) is 0.393. The Kier molecular flexibility index (Phi) is 5.89. The number of amides is 1. The molecule has 0 fully saturated rings. The molecule has 0 saturated heterocycles. The molecule has 1 atom stereocenters. The molecule has 0 unspecified atom stereocenters. The van der Waals surface area contributed by atoms with E-state index >= 15 is 0 Å².